The Morgan fingerprint density at radius 2 is 2.04 bits per heavy atom. The van der Waals surface area contributed by atoms with Crippen molar-refractivity contribution in [1.82, 2.24) is 14.6 Å². The number of benzene rings is 1. The Bertz CT molecular complexity index is 872. The summed E-state index contributed by atoms with van der Waals surface area (Å²) in [6, 6.07) is 7.62. The highest BCUT2D eigenvalue weighted by atomic mass is 35.5. The van der Waals surface area contributed by atoms with Gasteiger partial charge in [0.1, 0.15) is 0 Å². The van der Waals surface area contributed by atoms with Crippen molar-refractivity contribution in [3.63, 3.8) is 0 Å². The van der Waals surface area contributed by atoms with Gasteiger partial charge in [0.2, 0.25) is 16.0 Å². The van der Waals surface area contributed by atoms with E-state index in [-0.39, 0.29) is 17.9 Å². The van der Waals surface area contributed by atoms with Gasteiger partial charge in [0.15, 0.2) is 0 Å². The number of aromatic nitrogens is 3. The molecule has 0 bridgehead atoms. The molecule has 2 atom stereocenters. The molecule has 2 heterocycles. The standard InChI is InChI=1S/C17H18ClN5OS/c18-11-7-5-10(6-8-11)14-9-23-17(21-14)25-16(22-23)20-13-4-2-1-3-12(13)15(19)24/h5-9,12-13H,1-4H2,(H2,19,24)(H,20,22). The molecule has 3 N–H and O–H groups in total. The minimum Gasteiger partial charge on any atom is -0.369 e. The summed E-state index contributed by atoms with van der Waals surface area (Å²) < 4.78 is 1.76. The first-order valence-corrected chi connectivity index (χ1v) is 9.47. The SMILES string of the molecule is NC(=O)C1CCCCC1Nc1nn2cc(-c3ccc(Cl)cc3)nc2s1. The number of anilines is 1. The highest BCUT2D eigenvalue weighted by molar-refractivity contribution is 7.20. The van der Waals surface area contributed by atoms with Gasteiger partial charge in [-0.1, -0.05) is 47.9 Å². The summed E-state index contributed by atoms with van der Waals surface area (Å²) in [5.74, 6) is -0.363. The number of nitrogens with two attached hydrogens (primary N) is 1. The number of nitrogens with zero attached hydrogens (tertiary/aromatic N) is 3. The number of hydrogen-bond acceptors (Lipinski definition) is 5. The van der Waals surface area contributed by atoms with Crippen LogP contribution >= 0.6 is 22.9 Å². The Balaban J connectivity index is 1.55. The molecule has 1 saturated carbocycles. The minimum absolute atomic E-state index is 0.0536. The Labute approximate surface area is 154 Å². The third-order valence-electron chi connectivity index (χ3n) is 4.62. The zero-order valence-electron chi connectivity index (χ0n) is 13.5. The number of primary amides is 1. The maximum absolute atomic E-state index is 11.6. The summed E-state index contributed by atoms with van der Waals surface area (Å²) in [5, 5.41) is 9.40. The molecule has 3 aromatic rings. The topological polar surface area (TPSA) is 85.3 Å². The monoisotopic (exact) mass is 375 g/mol. The molecule has 0 saturated heterocycles. The van der Waals surface area contributed by atoms with Crippen molar-refractivity contribution >= 4 is 38.9 Å². The number of nitrogens with one attached hydrogen (secondary N) is 1. The highest BCUT2D eigenvalue weighted by Gasteiger charge is 2.30. The molecule has 2 unspecified atom stereocenters. The van der Waals surface area contributed by atoms with Gasteiger partial charge in [0, 0.05) is 16.6 Å². The van der Waals surface area contributed by atoms with Crippen LogP contribution in [0.2, 0.25) is 5.02 Å². The fourth-order valence-corrected chi connectivity index (χ4v) is 4.29. The van der Waals surface area contributed by atoms with E-state index in [1.807, 2.05) is 30.5 Å². The molecule has 0 aliphatic heterocycles. The van der Waals surface area contributed by atoms with Gasteiger partial charge in [-0.15, -0.1) is 5.10 Å². The van der Waals surface area contributed by atoms with Crippen LogP contribution in [-0.2, 0) is 4.79 Å². The third kappa shape index (κ3) is 3.34. The third-order valence-corrected chi connectivity index (χ3v) is 5.73. The van der Waals surface area contributed by atoms with Crippen molar-refractivity contribution in [1.29, 1.82) is 0 Å². The number of fused-ring (bicyclic) bond motifs is 1. The van der Waals surface area contributed by atoms with Crippen LogP contribution < -0.4 is 11.1 Å². The van der Waals surface area contributed by atoms with Gasteiger partial charge in [-0.25, -0.2) is 9.50 Å². The van der Waals surface area contributed by atoms with Gasteiger partial charge in [-0.2, -0.15) is 0 Å². The van der Waals surface area contributed by atoms with E-state index in [0.29, 0.717) is 5.02 Å². The maximum Gasteiger partial charge on any atom is 0.222 e. The van der Waals surface area contributed by atoms with E-state index in [1.54, 1.807) is 4.52 Å². The molecule has 1 fully saturated rings. The van der Waals surface area contributed by atoms with Gasteiger partial charge < -0.3 is 11.1 Å². The van der Waals surface area contributed by atoms with E-state index in [2.05, 4.69) is 15.4 Å². The van der Waals surface area contributed by atoms with E-state index >= 15 is 0 Å². The fourth-order valence-electron chi connectivity index (χ4n) is 3.32. The van der Waals surface area contributed by atoms with E-state index in [4.69, 9.17) is 17.3 Å². The molecule has 0 spiro atoms. The lowest BCUT2D eigenvalue weighted by atomic mass is 9.84. The number of hydrogen-bond donors (Lipinski definition) is 2. The molecule has 0 radical (unpaired) electrons. The van der Waals surface area contributed by atoms with Gasteiger partial charge in [-0.3, -0.25) is 4.79 Å². The van der Waals surface area contributed by atoms with Crippen LogP contribution in [0.25, 0.3) is 16.2 Å². The molecule has 2 aromatic heterocycles. The number of rotatable bonds is 4. The molecule has 1 aromatic carbocycles. The van der Waals surface area contributed by atoms with E-state index in [0.717, 1.165) is 47.0 Å². The molecule has 8 heteroatoms. The summed E-state index contributed by atoms with van der Waals surface area (Å²) in [5.41, 5.74) is 7.39. The second-order valence-electron chi connectivity index (χ2n) is 6.31. The zero-order valence-corrected chi connectivity index (χ0v) is 15.1. The first-order chi connectivity index (χ1) is 12.1. The molecule has 6 nitrogen and oxygen atoms in total. The fraction of sp³-hybridized carbons (Fsp3) is 0.353. The quantitative estimate of drug-likeness (QED) is 0.730. The molecular formula is C17H18ClN5OS. The molecule has 25 heavy (non-hydrogen) atoms. The number of amides is 1. The lowest BCUT2D eigenvalue weighted by Gasteiger charge is -2.29. The van der Waals surface area contributed by atoms with Gasteiger partial charge >= 0.3 is 0 Å². The van der Waals surface area contributed by atoms with Crippen molar-refractivity contribution in [2.75, 3.05) is 5.32 Å². The average molecular weight is 376 g/mol. The minimum atomic E-state index is -0.233. The molecule has 1 aliphatic carbocycles. The molecule has 4 rings (SSSR count). The molecule has 1 aliphatic rings. The van der Waals surface area contributed by atoms with E-state index < -0.39 is 0 Å². The first-order valence-electron chi connectivity index (χ1n) is 8.28. The van der Waals surface area contributed by atoms with Crippen LogP contribution in [0.3, 0.4) is 0 Å². The second-order valence-corrected chi connectivity index (χ2v) is 7.70. The van der Waals surface area contributed by atoms with Crippen molar-refractivity contribution < 1.29 is 4.79 Å². The Morgan fingerprint density at radius 3 is 2.76 bits per heavy atom. The Kier molecular flexibility index (Phi) is 4.35. The summed E-state index contributed by atoms with van der Waals surface area (Å²) >= 11 is 7.40. The maximum atomic E-state index is 11.6. The number of carbonyl (C=O) groups excluding carboxylic acids is 1. The van der Waals surface area contributed by atoms with Gasteiger partial charge in [0.25, 0.3) is 0 Å². The van der Waals surface area contributed by atoms with Crippen LogP contribution in [0.5, 0.6) is 0 Å². The number of halogens is 1. The predicted molar refractivity (Wildman–Crippen MR) is 99.9 cm³/mol. The number of carbonyl (C=O) groups is 1. The zero-order chi connectivity index (χ0) is 17.4. The van der Waals surface area contributed by atoms with Crippen LogP contribution in [0.1, 0.15) is 25.7 Å². The van der Waals surface area contributed by atoms with Crippen LogP contribution in [0.4, 0.5) is 5.13 Å². The lowest BCUT2D eigenvalue weighted by Crippen LogP contribution is -2.40. The van der Waals surface area contributed by atoms with Crippen molar-refractivity contribution in [3.05, 3.63) is 35.5 Å². The van der Waals surface area contributed by atoms with E-state index in [1.165, 1.54) is 11.3 Å². The van der Waals surface area contributed by atoms with Gasteiger partial charge in [-0.05, 0) is 25.0 Å². The summed E-state index contributed by atoms with van der Waals surface area (Å²) in [4.78, 5) is 17.1. The van der Waals surface area contributed by atoms with Crippen LogP contribution in [-0.4, -0.2) is 26.5 Å². The summed E-state index contributed by atoms with van der Waals surface area (Å²) in [6.07, 6.45) is 5.83. The average Bonchev–Trinajstić information content (AvgIpc) is 3.14. The Morgan fingerprint density at radius 1 is 1.28 bits per heavy atom. The second kappa shape index (κ2) is 6.65. The smallest absolute Gasteiger partial charge is 0.222 e. The van der Waals surface area contributed by atoms with Crippen molar-refractivity contribution in [3.8, 4) is 11.3 Å². The largest absolute Gasteiger partial charge is 0.369 e. The lowest BCUT2D eigenvalue weighted by molar-refractivity contribution is -0.122. The van der Waals surface area contributed by atoms with Crippen LogP contribution in [0.15, 0.2) is 30.5 Å². The molecule has 130 valence electrons. The van der Waals surface area contributed by atoms with Crippen molar-refractivity contribution in [2.24, 2.45) is 11.7 Å². The van der Waals surface area contributed by atoms with E-state index in [9.17, 15) is 4.79 Å². The van der Waals surface area contributed by atoms with Gasteiger partial charge in [0.05, 0.1) is 17.8 Å². The van der Waals surface area contributed by atoms with Crippen molar-refractivity contribution in [2.45, 2.75) is 31.7 Å². The predicted octanol–water partition coefficient (Wildman–Crippen LogP) is 3.57. The van der Waals surface area contributed by atoms with Crippen LogP contribution in [0, 0.1) is 5.92 Å². The molecular weight excluding hydrogens is 358 g/mol. The Hall–Kier alpha value is -2.12. The normalized spacial score (nSPS) is 20.7. The number of imidazole rings is 1. The summed E-state index contributed by atoms with van der Waals surface area (Å²) in [6.45, 7) is 0. The first kappa shape index (κ1) is 16.4. The highest BCUT2D eigenvalue weighted by Crippen LogP contribution is 2.30. The summed E-state index contributed by atoms with van der Waals surface area (Å²) in [7, 11) is 0. The molecule has 1 amide bonds.